The molecule has 2 fully saturated rings. The molecule has 2 saturated heterocycles. The Kier molecular flexibility index (Phi) is 7.04. The second kappa shape index (κ2) is 7.58. The first-order chi connectivity index (χ1) is 8.30. The molecule has 0 bridgehead atoms. The van der Waals surface area contributed by atoms with Crippen LogP contribution < -0.4 is 56.3 Å². The van der Waals surface area contributed by atoms with E-state index in [1.807, 2.05) is 0 Å². The molecule has 3 heteroatoms. The molecule has 1 spiro atoms. The number of benzene rings is 1. The fraction of sp³-hybridized carbons (Fsp3) is 0.562. The second-order valence-electron chi connectivity index (χ2n) is 5.57. The first kappa shape index (κ1) is 17.7. The Morgan fingerprint density at radius 3 is 2.11 bits per heavy atom. The van der Waals surface area contributed by atoms with Crippen molar-refractivity contribution in [1.82, 2.24) is 4.90 Å². The van der Waals surface area contributed by atoms with E-state index in [4.69, 9.17) is 0 Å². The van der Waals surface area contributed by atoms with Crippen LogP contribution in [-0.2, 0) is 0 Å². The van der Waals surface area contributed by atoms with E-state index in [1.54, 1.807) is 0 Å². The third-order valence-electron chi connectivity index (χ3n) is 4.76. The number of likely N-dealkylation sites (tertiary alicyclic amines) is 1. The number of nitrogens with zero attached hydrogens (tertiary/aromatic N) is 2. The van der Waals surface area contributed by atoms with E-state index in [1.165, 1.54) is 51.0 Å². The molecule has 1 aromatic rings. The molecule has 0 amide bonds. The van der Waals surface area contributed by atoms with Gasteiger partial charge in [-0.15, -0.1) is 0 Å². The molecule has 2 aliphatic heterocycles. The first-order valence-corrected chi connectivity index (χ1v) is 6.81. The van der Waals surface area contributed by atoms with Crippen LogP contribution in [0.1, 0.15) is 25.7 Å². The predicted molar refractivity (Wildman–Crippen MR) is 78.9 cm³/mol. The van der Waals surface area contributed by atoms with Gasteiger partial charge in [-0.05, 0) is 51.4 Å². The zero-order valence-electron chi connectivity index (χ0n) is 12.7. The topological polar surface area (TPSA) is 6.48 Å². The predicted octanol–water partition coefficient (Wildman–Crippen LogP) is 0.205. The average molecular weight is 284 g/mol. The Morgan fingerprint density at radius 2 is 1.58 bits per heavy atom. The maximum Gasteiger partial charge on any atom is 1.00 e. The quantitative estimate of drug-likeness (QED) is 0.537. The molecule has 100 valence electrons. The summed E-state index contributed by atoms with van der Waals surface area (Å²) >= 11 is 0. The second-order valence-corrected chi connectivity index (χ2v) is 5.57. The minimum Gasteiger partial charge on any atom is -0.371 e. The van der Waals surface area contributed by atoms with Gasteiger partial charge < -0.3 is 17.2 Å². The summed E-state index contributed by atoms with van der Waals surface area (Å²) in [7, 11) is 2.31. The van der Waals surface area contributed by atoms with E-state index < -0.39 is 0 Å². The summed E-state index contributed by atoms with van der Waals surface area (Å²) in [5, 5.41) is 0. The van der Waals surface area contributed by atoms with Gasteiger partial charge in [0, 0.05) is 24.3 Å². The Hall–Kier alpha value is 0.616. The Bertz CT molecular complexity index is 372. The molecule has 19 heavy (non-hydrogen) atoms. The Labute approximate surface area is 161 Å². The fourth-order valence-electron chi connectivity index (χ4n) is 3.52. The summed E-state index contributed by atoms with van der Waals surface area (Å²) in [4.78, 5) is 5.15. The van der Waals surface area contributed by atoms with Crippen LogP contribution in [0.15, 0.2) is 30.3 Å². The van der Waals surface area contributed by atoms with Crippen molar-refractivity contribution in [3.8, 4) is 0 Å². The van der Waals surface area contributed by atoms with Crippen LogP contribution in [0, 0.1) is 7.43 Å². The van der Waals surface area contributed by atoms with Crippen LogP contribution in [0.2, 0.25) is 0 Å². The molecule has 0 aliphatic carbocycles. The Morgan fingerprint density at radius 1 is 0.947 bits per heavy atom. The fourth-order valence-corrected chi connectivity index (χ4v) is 3.52. The van der Waals surface area contributed by atoms with Crippen LogP contribution in [0.3, 0.4) is 0 Å². The van der Waals surface area contributed by atoms with Crippen LogP contribution in [0.5, 0.6) is 0 Å². The van der Waals surface area contributed by atoms with Crippen molar-refractivity contribution >= 4 is 5.69 Å². The van der Waals surface area contributed by atoms with E-state index in [0.717, 1.165) is 0 Å². The van der Waals surface area contributed by atoms with Crippen molar-refractivity contribution < 1.29 is 51.4 Å². The third kappa shape index (κ3) is 3.63. The van der Waals surface area contributed by atoms with Gasteiger partial charge in [0.25, 0.3) is 0 Å². The molecule has 2 heterocycles. The average Bonchev–Trinajstić information content (AvgIpc) is 2.73. The van der Waals surface area contributed by atoms with Crippen LogP contribution in [0.25, 0.3) is 0 Å². The van der Waals surface area contributed by atoms with Gasteiger partial charge in [-0.3, -0.25) is 0 Å². The van der Waals surface area contributed by atoms with Crippen LogP contribution >= 0.6 is 0 Å². The van der Waals surface area contributed by atoms with Gasteiger partial charge >= 0.3 is 51.4 Å². The smallest absolute Gasteiger partial charge is 0.371 e. The third-order valence-corrected chi connectivity index (χ3v) is 4.76. The zero-order chi connectivity index (χ0) is 11.7. The van der Waals surface area contributed by atoms with Gasteiger partial charge in [-0.1, -0.05) is 18.2 Å². The molecule has 2 aliphatic rings. The van der Waals surface area contributed by atoms with Gasteiger partial charge in [0.1, 0.15) is 0 Å². The molecular formula is C16H25KN2. The number of piperidine rings is 1. The van der Waals surface area contributed by atoms with Crippen molar-refractivity contribution in [1.29, 1.82) is 0 Å². The molecule has 3 rings (SSSR count). The maximum absolute atomic E-state index is 2.61. The van der Waals surface area contributed by atoms with E-state index in [-0.39, 0.29) is 58.8 Å². The van der Waals surface area contributed by atoms with Gasteiger partial charge in [-0.25, -0.2) is 0 Å². The molecule has 1 aromatic carbocycles. The summed E-state index contributed by atoms with van der Waals surface area (Å²) in [5.74, 6) is 0. The summed E-state index contributed by atoms with van der Waals surface area (Å²) in [6, 6.07) is 10.8. The molecule has 0 radical (unpaired) electrons. The number of anilines is 1. The van der Waals surface area contributed by atoms with Crippen molar-refractivity contribution in [2.24, 2.45) is 0 Å². The minimum atomic E-state index is 0. The molecule has 0 aromatic heterocycles. The molecule has 0 unspecified atom stereocenters. The summed E-state index contributed by atoms with van der Waals surface area (Å²) in [6.07, 6.45) is 5.46. The standard InChI is InChI=1S/C15H22N2.CH3.K/c1-16-11-5-8-15(16)9-12-17(13-10-15)14-6-3-2-4-7-14;;/h2-4,6-7H,5,8-13H2,1H3;1H3;/q;-1;+1. The zero-order valence-corrected chi connectivity index (χ0v) is 15.9. The van der Waals surface area contributed by atoms with Gasteiger partial charge in [0.05, 0.1) is 0 Å². The van der Waals surface area contributed by atoms with E-state index in [2.05, 4.69) is 47.2 Å². The largest absolute Gasteiger partial charge is 1.00 e. The minimum absolute atomic E-state index is 0. The normalized spacial score (nSPS) is 21.8. The Balaban J connectivity index is 0.000000902. The monoisotopic (exact) mass is 284 g/mol. The van der Waals surface area contributed by atoms with Crippen molar-refractivity contribution in [2.75, 3.05) is 31.6 Å². The molecule has 0 saturated carbocycles. The van der Waals surface area contributed by atoms with Gasteiger partial charge in [-0.2, -0.15) is 0 Å². The van der Waals surface area contributed by atoms with Crippen LogP contribution in [0.4, 0.5) is 5.69 Å². The van der Waals surface area contributed by atoms with Crippen LogP contribution in [-0.4, -0.2) is 37.1 Å². The maximum atomic E-state index is 2.61. The van der Waals surface area contributed by atoms with Crippen molar-refractivity contribution in [2.45, 2.75) is 31.2 Å². The SMILES string of the molecule is CN1CCCC12CCN(c1ccccc1)CC2.[CH3-].[K+]. The number of para-hydroxylation sites is 1. The van der Waals surface area contributed by atoms with Crippen molar-refractivity contribution in [3.05, 3.63) is 37.8 Å². The van der Waals surface area contributed by atoms with Gasteiger partial charge in [0.2, 0.25) is 0 Å². The summed E-state index contributed by atoms with van der Waals surface area (Å²) < 4.78 is 0. The molecule has 0 atom stereocenters. The first-order valence-electron chi connectivity index (χ1n) is 6.81. The number of hydrogen-bond donors (Lipinski definition) is 0. The number of hydrogen-bond acceptors (Lipinski definition) is 2. The van der Waals surface area contributed by atoms with Gasteiger partial charge in [0.15, 0.2) is 0 Å². The summed E-state index contributed by atoms with van der Waals surface area (Å²) in [6.45, 7) is 3.73. The van der Waals surface area contributed by atoms with Crippen molar-refractivity contribution in [3.63, 3.8) is 0 Å². The van der Waals surface area contributed by atoms with E-state index >= 15 is 0 Å². The molecular weight excluding hydrogens is 259 g/mol. The molecule has 2 nitrogen and oxygen atoms in total. The van der Waals surface area contributed by atoms with E-state index in [0.29, 0.717) is 5.54 Å². The van der Waals surface area contributed by atoms with E-state index in [9.17, 15) is 0 Å². The number of rotatable bonds is 1. The molecule has 0 N–H and O–H groups in total. The summed E-state index contributed by atoms with van der Waals surface area (Å²) in [5.41, 5.74) is 1.92.